The molecule has 23 heavy (non-hydrogen) atoms. The van der Waals surface area contributed by atoms with Crippen molar-refractivity contribution in [2.45, 2.75) is 6.61 Å². The Morgan fingerprint density at radius 3 is 2.78 bits per heavy atom. The quantitative estimate of drug-likeness (QED) is 0.499. The Kier molecular flexibility index (Phi) is 3.02. The fourth-order valence-corrected chi connectivity index (χ4v) is 2.70. The van der Waals surface area contributed by atoms with Crippen LogP contribution in [0.3, 0.4) is 0 Å². The van der Waals surface area contributed by atoms with Crippen molar-refractivity contribution in [3.05, 3.63) is 52.9 Å². The zero-order chi connectivity index (χ0) is 16.0. The number of furan rings is 1. The largest absolute Gasteiger partial charge is 0.457 e. The van der Waals surface area contributed by atoms with E-state index in [1.54, 1.807) is 30.3 Å². The highest BCUT2D eigenvalue weighted by Gasteiger charge is 2.22. The molecule has 6 nitrogen and oxygen atoms in total. The van der Waals surface area contributed by atoms with Crippen LogP contribution in [-0.2, 0) is 16.1 Å². The Balaban J connectivity index is 1.64. The zero-order valence-corrected chi connectivity index (χ0v) is 12.5. The molecule has 1 amide bonds. The monoisotopic (exact) mass is 326 g/mol. The van der Waals surface area contributed by atoms with Gasteiger partial charge in [-0.1, -0.05) is 6.07 Å². The minimum absolute atomic E-state index is 0.274. The zero-order valence-electron chi connectivity index (χ0n) is 11.7. The molecule has 1 saturated heterocycles. The van der Waals surface area contributed by atoms with E-state index >= 15 is 0 Å². The molecule has 7 heteroatoms. The van der Waals surface area contributed by atoms with Crippen molar-refractivity contribution >= 4 is 35.3 Å². The molecule has 1 aromatic carbocycles. The van der Waals surface area contributed by atoms with Gasteiger partial charge in [-0.15, -0.1) is 0 Å². The van der Waals surface area contributed by atoms with E-state index in [1.165, 1.54) is 0 Å². The van der Waals surface area contributed by atoms with Gasteiger partial charge in [0, 0.05) is 17.2 Å². The molecular formula is C16H10N2O4S. The molecule has 4 rings (SSSR count). The number of carbonyl (C=O) groups is 2. The third-order valence-electron chi connectivity index (χ3n) is 3.60. The summed E-state index contributed by atoms with van der Waals surface area (Å²) < 4.78 is 10.7. The lowest BCUT2D eigenvalue weighted by atomic mass is 10.0. The predicted molar refractivity (Wildman–Crippen MR) is 85.1 cm³/mol. The molecule has 1 fully saturated rings. The number of ether oxygens (including phenoxy) is 1. The number of carbonyl (C=O) groups excluding carboxylic acids is 2. The second-order valence-corrected chi connectivity index (χ2v) is 5.52. The van der Waals surface area contributed by atoms with E-state index in [-0.39, 0.29) is 23.6 Å². The maximum atomic E-state index is 11.6. The minimum atomic E-state index is -0.300. The number of thiocarbonyl (C=S) groups is 1. The van der Waals surface area contributed by atoms with Crippen LogP contribution in [0.25, 0.3) is 17.4 Å². The Morgan fingerprint density at radius 1 is 1.13 bits per heavy atom. The van der Waals surface area contributed by atoms with Gasteiger partial charge in [-0.3, -0.25) is 10.1 Å². The second kappa shape index (κ2) is 5.06. The van der Waals surface area contributed by atoms with E-state index in [0.29, 0.717) is 22.8 Å². The van der Waals surface area contributed by atoms with Crippen molar-refractivity contribution in [1.82, 2.24) is 10.6 Å². The lowest BCUT2D eigenvalue weighted by molar-refractivity contribution is -0.115. The molecule has 0 bridgehead atoms. The molecule has 0 radical (unpaired) electrons. The van der Waals surface area contributed by atoms with Crippen LogP contribution in [0.1, 0.15) is 21.7 Å². The van der Waals surface area contributed by atoms with Crippen LogP contribution in [-0.4, -0.2) is 17.0 Å². The maximum Gasteiger partial charge on any atom is 0.338 e. The lowest BCUT2D eigenvalue weighted by Gasteiger charge is -1.99. The van der Waals surface area contributed by atoms with Crippen LogP contribution in [0.4, 0.5) is 0 Å². The molecule has 0 unspecified atom stereocenters. The number of nitrogens with one attached hydrogen (secondary N) is 2. The van der Waals surface area contributed by atoms with E-state index < -0.39 is 0 Å². The summed E-state index contributed by atoms with van der Waals surface area (Å²) in [5.74, 6) is 0.571. The fraction of sp³-hybridized carbons (Fsp3) is 0.0625. The van der Waals surface area contributed by atoms with Crippen LogP contribution >= 0.6 is 12.2 Å². The molecular weight excluding hydrogens is 316 g/mol. The van der Waals surface area contributed by atoms with Gasteiger partial charge in [-0.2, -0.15) is 0 Å². The predicted octanol–water partition coefficient (Wildman–Crippen LogP) is 1.96. The number of rotatable bonds is 2. The summed E-state index contributed by atoms with van der Waals surface area (Å²) in [6.07, 6.45) is 1.58. The molecule has 2 aliphatic heterocycles. The Labute approximate surface area is 136 Å². The SMILES string of the molecule is O=C1NC(=S)NC1=Cc1ccc(-c2ccc3c(c2)COC3=O)o1. The van der Waals surface area contributed by atoms with Crippen molar-refractivity contribution in [2.75, 3.05) is 0 Å². The lowest BCUT2D eigenvalue weighted by Crippen LogP contribution is -2.21. The summed E-state index contributed by atoms with van der Waals surface area (Å²) in [5.41, 5.74) is 2.60. The Bertz CT molecular complexity index is 897. The highest BCUT2D eigenvalue weighted by molar-refractivity contribution is 7.80. The van der Waals surface area contributed by atoms with Crippen LogP contribution in [0.15, 0.2) is 40.4 Å². The van der Waals surface area contributed by atoms with Crippen molar-refractivity contribution in [2.24, 2.45) is 0 Å². The minimum Gasteiger partial charge on any atom is -0.457 e. The van der Waals surface area contributed by atoms with Gasteiger partial charge in [0.2, 0.25) is 0 Å². The molecule has 2 N–H and O–H groups in total. The number of cyclic esters (lactones) is 1. The Morgan fingerprint density at radius 2 is 2.00 bits per heavy atom. The normalized spacial score (nSPS) is 17.9. The molecule has 114 valence electrons. The van der Waals surface area contributed by atoms with E-state index in [9.17, 15) is 9.59 Å². The van der Waals surface area contributed by atoms with Crippen LogP contribution in [0, 0.1) is 0 Å². The Hall–Kier alpha value is -2.93. The molecule has 3 heterocycles. The number of fused-ring (bicyclic) bond motifs is 1. The number of hydrogen-bond donors (Lipinski definition) is 2. The molecule has 0 saturated carbocycles. The smallest absolute Gasteiger partial charge is 0.338 e. The first-order valence-electron chi connectivity index (χ1n) is 6.84. The number of hydrogen-bond acceptors (Lipinski definition) is 5. The van der Waals surface area contributed by atoms with Crippen molar-refractivity contribution in [3.63, 3.8) is 0 Å². The molecule has 0 spiro atoms. The first-order valence-corrected chi connectivity index (χ1v) is 7.25. The van der Waals surface area contributed by atoms with Crippen molar-refractivity contribution in [3.8, 4) is 11.3 Å². The van der Waals surface area contributed by atoms with E-state index in [0.717, 1.165) is 11.1 Å². The third-order valence-corrected chi connectivity index (χ3v) is 3.81. The van der Waals surface area contributed by atoms with Gasteiger partial charge in [0.05, 0.1) is 5.56 Å². The number of amides is 1. The van der Waals surface area contributed by atoms with Gasteiger partial charge in [0.15, 0.2) is 5.11 Å². The number of esters is 1. The first kappa shape index (κ1) is 13.7. The topological polar surface area (TPSA) is 80.6 Å². The maximum absolute atomic E-state index is 11.6. The highest BCUT2D eigenvalue weighted by Crippen LogP contribution is 2.28. The average molecular weight is 326 g/mol. The van der Waals surface area contributed by atoms with Gasteiger partial charge in [-0.05, 0) is 36.5 Å². The third kappa shape index (κ3) is 2.40. The van der Waals surface area contributed by atoms with Gasteiger partial charge in [0.1, 0.15) is 23.8 Å². The van der Waals surface area contributed by atoms with Crippen LogP contribution < -0.4 is 10.6 Å². The summed E-state index contributed by atoms with van der Waals surface area (Å²) in [6.45, 7) is 0.279. The second-order valence-electron chi connectivity index (χ2n) is 5.12. The van der Waals surface area contributed by atoms with Crippen molar-refractivity contribution in [1.29, 1.82) is 0 Å². The van der Waals surface area contributed by atoms with Crippen LogP contribution in [0.5, 0.6) is 0 Å². The van der Waals surface area contributed by atoms with Crippen molar-refractivity contribution < 1.29 is 18.7 Å². The van der Waals surface area contributed by atoms with E-state index in [2.05, 4.69) is 10.6 Å². The molecule has 0 aliphatic carbocycles. The van der Waals surface area contributed by atoms with Crippen LogP contribution in [0.2, 0.25) is 0 Å². The average Bonchev–Trinajstić information content (AvgIpc) is 3.21. The van der Waals surface area contributed by atoms with E-state index in [4.69, 9.17) is 21.4 Å². The molecule has 2 aliphatic rings. The summed E-state index contributed by atoms with van der Waals surface area (Å²) in [6, 6.07) is 8.96. The standard InChI is InChI=1S/C16H10N2O4S/c19-14-12(17-16(23)18-14)6-10-2-4-13(22-10)8-1-3-11-9(5-8)7-21-15(11)20/h1-6H,7H2,(H2,17,18,19,23). The summed E-state index contributed by atoms with van der Waals surface area (Å²) >= 11 is 4.87. The summed E-state index contributed by atoms with van der Waals surface area (Å²) in [7, 11) is 0. The summed E-state index contributed by atoms with van der Waals surface area (Å²) in [5, 5.41) is 5.52. The van der Waals surface area contributed by atoms with Gasteiger partial charge >= 0.3 is 5.97 Å². The summed E-state index contributed by atoms with van der Waals surface area (Å²) in [4.78, 5) is 23.1. The van der Waals surface area contributed by atoms with Gasteiger partial charge in [0.25, 0.3) is 5.91 Å². The van der Waals surface area contributed by atoms with Gasteiger partial charge in [-0.25, -0.2) is 4.79 Å². The molecule has 2 aromatic rings. The van der Waals surface area contributed by atoms with E-state index in [1.807, 2.05) is 6.07 Å². The molecule has 0 atom stereocenters. The fourth-order valence-electron chi connectivity index (χ4n) is 2.50. The molecule has 1 aromatic heterocycles. The first-order chi connectivity index (χ1) is 11.1. The highest BCUT2D eigenvalue weighted by atomic mass is 32.1. The van der Waals surface area contributed by atoms with Gasteiger partial charge < -0.3 is 14.5 Å². The number of benzene rings is 1.